The molecule has 1 aliphatic carbocycles. The molecule has 1 atom stereocenters. The number of methoxy groups -OCH3 is 2. The topological polar surface area (TPSA) is 88.1 Å². The van der Waals surface area contributed by atoms with E-state index < -0.39 is 6.04 Å². The monoisotopic (exact) mass is 536 g/mol. The number of hydrogen-bond donors (Lipinski definition) is 2. The molecule has 38 heavy (non-hydrogen) atoms. The summed E-state index contributed by atoms with van der Waals surface area (Å²) in [5.74, 6) is 1.06. The Kier molecular flexibility index (Phi) is 9.65. The maximum atomic E-state index is 13.8. The average molecular weight is 537 g/mol. The summed E-state index contributed by atoms with van der Waals surface area (Å²) in [6, 6.07) is 15.4. The molecule has 1 aromatic heterocycles. The normalized spacial score (nSPS) is 14.5. The van der Waals surface area contributed by atoms with Gasteiger partial charge < -0.3 is 24.8 Å². The first-order chi connectivity index (χ1) is 18.5. The van der Waals surface area contributed by atoms with E-state index in [1.165, 1.54) is 17.8 Å². The van der Waals surface area contributed by atoms with E-state index in [4.69, 9.17) is 9.47 Å². The van der Waals surface area contributed by atoms with Crippen molar-refractivity contribution < 1.29 is 24.2 Å². The number of amides is 2. The molecule has 1 aliphatic rings. The molecule has 7 nitrogen and oxygen atoms in total. The van der Waals surface area contributed by atoms with Gasteiger partial charge in [0.2, 0.25) is 11.8 Å². The van der Waals surface area contributed by atoms with Crippen LogP contribution in [0.4, 0.5) is 0 Å². The van der Waals surface area contributed by atoms with Gasteiger partial charge in [-0.2, -0.15) is 0 Å². The van der Waals surface area contributed by atoms with Crippen LogP contribution in [0, 0.1) is 0 Å². The van der Waals surface area contributed by atoms with Crippen LogP contribution in [0.1, 0.15) is 54.1 Å². The van der Waals surface area contributed by atoms with Crippen molar-refractivity contribution in [3.63, 3.8) is 0 Å². The molecule has 0 radical (unpaired) electrons. The number of aromatic hydroxyl groups is 1. The summed E-state index contributed by atoms with van der Waals surface area (Å²) in [5.41, 5.74) is 1.64. The highest BCUT2D eigenvalue weighted by Crippen LogP contribution is 2.30. The molecule has 0 bridgehead atoms. The Balaban J connectivity index is 1.65. The molecule has 0 unspecified atom stereocenters. The molecule has 0 spiro atoms. The lowest BCUT2D eigenvalue weighted by molar-refractivity contribution is -0.140. The van der Waals surface area contributed by atoms with Crippen molar-refractivity contribution in [2.24, 2.45) is 0 Å². The fourth-order valence-electron chi connectivity index (χ4n) is 5.00. The zero-order chi connectivity index (χ0) is 26.9. The molecular formula is C30H36N2O5S. The molecule has 202 valence electrons. The zero-order valence-electron chi connectivity index (χ0n) is 22.0. The number of phenols is 1. The van der Waals surface area contributed by atoms with Crippen LogP contribution in [-0.4, -0.2) is 48.6 Å². The summed E-state index contributed by atoms with van der Waals surface area (Å²) in [4.78, 5) is 30.3. The maximum absolute atomic E-state index is 13.8. The van der Waals surface area contributed by atoms with E-state index in [1.54, 1.807) is 43.4 Å². The number of benzene rings is 2. The van der Waals surface area contributed by atoms with Gasteiger partial charge in [-0.15, -0.1) is 11.3 Å². The van der Waals surface area contributed by atoms with Crippen molar-refractivity contribution in [1.29, 1.82) is 0 Å². The van der Waals surface area contributed by atoms with Crippen LogP contribution >= 0.6 is 11.3 Å². The first-order valence-electron chi connectivity index (χ1n) is 13.1. The van der Waals surface area contributed by atoms with Gasteiger partial charge >= 0.3 is 0 Å². The van der Waals surface area contributed by atoms with Gasteiger partial charge in [0.15, 0.2) is 11.5 Å². The highest BCUT2D eigenvalue weighted by Gasteiger charge is 2.33. The highest BCUT2D eigenvalue weighted by atomic mass is 32.1. The minimum absolute atomic E-state index is 0.107. The van der Waals surface area contributed by atoms with Gasteiger partial charge in [0.1, 0.15) is 11.8 Å². The number of carbonyl (C=O) groups excluding carboxylic acids is 2. The third kappa shape index (κ3) is 7.07. The lowest BCUT2D eigenvalue weighted by Gasteiger charge is -2.33. The predicted octanol–water partition coefficient (Wildman–Crippen LogP) is 5.27. The van der Waals surface area contributed by atoms with E-state index >= 15 is 0 Å². The number of phenolic OH excluding ortho intramolecular Hbond substituents is 1. The lowest BCUT2D eigenvalue weighted by atomic mass is 9.94. The van der Waals surface area contributed by atoms with Gasteiger partial charge in [-0.05, 0) is 66.1 Å². The first-order valence-corrected chi connectivity index (χ1v) is 14.0. The first kappa shape index (κ1) is 27.5. The van der Waals surface area contributed by atoms with E-state index in [9.17, 15) is 14.7 Å². The fraction of sp³-hybridized carbons (Fsp3) is 0.400. The Morgan fingerprint density at radius 2 is 1.76 bits per heavy atom. The molecule has 3 aromatic rings. The minimum Gasteiger partial charge on any atom is -0.508 e. The van der Waals surface area contributed by atoms with Crippen molar-refractivity contribution in [2.75, 3.05) is 20.8 Å². The molecule has 0 saturated heterocycles. The van der Waals surface area contributed by atoms with E-state index in [2.05, 4.69) is 5.32 Å². The molecule has 2 aromatic carbocycles. The summed E-state index contributed by atoms with van der Waals surface area (Å²) in [6.45, 7) is 0.337. The number of ether oxygens (including phenoxy) is 2. The summed E-state index contributed by atoms with van der Waals surface area (Å²) < 4.78 is 10.8. The predicted molar refractivity (Wildman–Crippen MR) is 149 cm³/mol. The minimum atomic E-state index is -0.815. The van der Waals surface area contributed by atoms with E-state index in [1.807, 2.05) is 35.7 Å². The quantitative estimate of drug-likeness (QED) is 0.348. The van der Waals surface area contributed by atoms with Crippen LogP contribution in [0.25, 0.3) is 0 Å². The molecule has 4 rings (SSSR count). The van der Waals surface area contributed by atoms with Gasteiger partial charge in [0.25, 0.3) is 0 Å². The summed E-state index contributed by atoms with van der Waals surface area (Å²) >= 11 is 1.53. The second-order valence-electron chi connectivity index (χ2n) is 9.62. The van der Waals surface area contributed by atoms with Crippen molar-refractivity contribution in [3.8, 4) is 17.2 Å². The Labute approximate surface area is 228 Å². The van der Waals surface area contributed by atoms with E-state index in [0.717, 1.165) is 36.1 Å². The average Bonchev–Trinajstić information content (AvgIpc) is 3.45. The number of carbonyl (C=O) groups is 2. The summed E-state index contributed by atoms with van der Waals surface area (Å²) in [7, 11) is 3.19. The smallest absolute Gasteiger partial charge is 0.247 e. The van der Waals surface area contributed by atoms with E-state index in [0.29, 0.717) is 30.0 Å². The van der Waals surface area contributed by atoms with Crippen LogP contribution in [0.3, 0.4) is 0 Å². The van der Waals surface area contributed by atoms with Crippen LogP contribution in [-0.2, 0) is 22.4 Å². The zero-order valence-corrected chi connectivity index (χ0v) is 22.8. The van der Waals surface area contributed by atoms with Crippen molar-refractivity contribution in [2.45, 2.75) is 57.0 Å². The second-order valence-corrected chi connectivity index (χ2v) is 10.7. The SMILES string of the molecule is COc1ccc(CCN(C(=O)Cc2cccs2)[C@@H](C(=O)NC2CCCCC2)c2ccc(O)cc2)cc1OC. The van der Waals surface area contributed by atoms with Gasteiger partial charge in [0.05, 0.1) is 20.6 Å². The molecule has 2 N–H and O–H groups in total. The van der Waals surface area contributed by atoms with Gasteiger partial charge in [-0.25, -0.2) is 0 Å². The third-order valence-electron chi connectivity index (χ3n) is 7.04. The summed E-state index contributed by atoms with van der Waals surface area (Å²) in [5, 5.41) is 15.1. The third-order valence-corrected chi connectivity index (χ3v) is 7.91. The van der Waals surface area contributed by atoms with Crippen molar-refractivity contribution >= 4 is 23.2 Å². The maximum Gasteiger partial charge on any atom is 0.247 e. The van der Waals surface area contributed by atoms with Crippen LogP contribution in [0.2, 0.25) is 0 Å². The second kappa shape index (κ2) is 13.3. The van der Waals surface area contributed by atoms with Crippen molar-refractivity contribution in [3.05, 3.63) is 76.0 Å². The Hall–Kier alpha value is -3.52. The Morgan fingerprint density at radius 3 is 2.42 bits per heavy atom. The molecule has 1 heterocycles. The number of hydrogen-bond acceptors (Lipinski definition) is 6. The molecular weight excluding hydrogens is 500 g/mol. The number of nitrogens with one attached hydrogen (secondary N) is 1. The van der Waals surface area contributed by atoms with Crippen LogP contribution in [0.15, 0.2) is 60.0 Å². The number of nitrogens with zero attached hydrogens (tertiary/aromatic N) is 1. The highest BCUT2D eigenvalue weighted by molar-refractivity contribution is 7.10. The number of rotatable bonds is 11. The molecule has 8 heteroatoms. The fourth-order valence-corrected chi connectivity index (χ4v) is 5.70. The number of thiophene rings is 1. The molecule has 2 amide bonds. The standard InChI is InChI=1S/C30H36N2O5S/c1-36-26-15-10-21(19-27(26)37-2)16-17-32(28(34)20-25-9-6-18-38-25)29(22-11-13-24(33)14-12-22)30(35)31-23-7-4-3-5-8-23/h6,9-15,18-19,23,29,33H,3-5,7-8,16-17,20H2,1-2H3,(H,31,35)/t29-/m1/s1. The molecule has 0 aliphatic heterocycles. The van der Waals surface area contributed by atoms with Crippen molar-refractivity contribution in [1.82, 2.24) is 10.2 Å². The Morgan fingerprint density at radius 1 is 1.03 bits per heavy atom. The van der Waals surface area contributed by atoms with Crippen LogP contribution < -0.4 is 14.8 Å². The molecule has 1 saturated carbocycles. The van der Waals surface area contributed by atoms with E-state index in [-0.39, 0.29) is 30.0 Å². The van der Waals surface area contributed by atoms with Gasteiger partial charge in [-0.3, -0.25) is 9.59 Å². The molecule has 1 fully saturated rings. The van der Waals surface area contributed by atoms with Gasteiger partial charge in [-0.1, -0.05) is 43.5 Å². The largest absolute Gasteiger partial charge is 0.508 e. The van der Waals surface area contributed by atoms with Gasteiger partial charge in [0, 0.05) is 17.5 Å². The van der Waals surface area contributed by atoms with Crippen LogP contribution in [0.5, 0.6) is 17.2 Å². The Bertz CT molecular complexity index is 1190. The summed E-state index contributed by atoms with van der Waals surface area (Å²) in [6.07, 6.45) is 6.01. The lowest BCUT2D eigenvalue weighted by Crippen LogP contribution is -2.48.